The number of sulfone groups is 1. The highest BCUT2D eigenvalue weighted by molar-refractivity contribution is 7.90. The number of aryl methyl sites for hydroxylation is 1. The quantitative estimate of drug-likeness (QED) is 0.595. The van der Waals surface area contributed by atoms with Crippen LogP contribution in [0.5, 0.6) is 0 Å². The number of hydrogen-bond donors (Lipinski definition) is 2. The van der Waals surface area contributed by atoms with Crippen molar-refractivity contribution in [2.24, 2.45) is 5.84 Å². The van der Waals surface area contributed by atoms with Crippen molar-refractivity contribution in [3.05, 3.63) is 35.4 Å². The van der Waals surface area contributed by atoms with Gasteiger partial charge < -0.3 is 0 Å². The molecule has 90 valence electrons. The molecule has 1 rings (SSSR count). The Morgan fingerprint density at radius 2 is 1.88 bits per heavy atom. The van der Waals surface area contributed by atoms with Gasteiger partial charge in [-0.3, -0.25) is 11.3 Å². The first kappa shape index (κ1) is 13.2. The van der Waals surface area contributed by atoms with Crippen LogP contribution in [0.4, 0.5) is 0 Å². The van der Waals surface area contributed by atoms with Gasteiger partial charge in [0.2, 0.25) is 0 Å². The Balaban J connectivity index is 2.71. The van der Waals surface area contributed by atoms with Crippen LogP contribution in [0.2, 0.25) is 0 Å². The van der Waals surface area contributed by atoms with E-state index in [1.807, 2.05) is 31.2 Å². The lowest BCUT2D eigenvalue weighted by molar-refractivity contribution is 0.531. The zero-order valence-corrected chi connectivity index (χ0v) is 10.4. The molecule has 0 amide bonds. The molecule has 1 aromatic carbocycles. The maximum atomic E-state index is 11.1. The number of hydrogen-bond acceptors (Lipinski definition) is 4. The Kier molecular flexibility index (Phi) is 4.46. The fraction of sp³-hybridized carbons (Fsp3) is 0.455. The molecule has 0 aliphatic heterocycles. The third-order valence-corrected chi connectivity index (χ3v) is 3.44. The van der Waals surface area contributed by atoms with Crippen molar-refractivity contribution >= 4 is 9.84 Å². The lowest BCUT2D eigenvalue weighted by Gasteiger charge is -2.15. The van der Waals surface area contributed by atoms with Crippen LogP contribution in [-0.4, -0.2) is 20.4 Å². The topological polar surface area (TPSA) is 72.2 Å². The van der Waals surface area contributed by atoms with Gasteiger partial charge in [-0.25, -0.2) is 8.42 Å². The standard InChI is InChI=1S/C11H18N2O2S/c1-9-3-5-10(6-4-9)11(13-12)7-8-16(2,14)15/h3-6,11,13H,7-8,12H2,1-2H3. The molecule has 0 fully saturated rings. The molecule has 0 radical (unpaired) electrons. The summed E-state index contributed by atoms with van der Waals surface area (Å²) in [5.41, 5.74) is 4.83. The summed E-state index contributed by atoms with van der Waals surface area (Å²) >= 11 is 0. The molecule has 0 spiro atoms. The summed E-state index contributed by atoms with van der Waals surface area (Å²) in [7, 11) is -2.94. The Morgan fingerprint density at radius 3 is 2.31 bits per heavy atom. The first-order valence-corrected chi connectivity index (χ1v) is 7.19. The molecule has 16 heavy (non-hydrogen) atoms. The van der Waals surface area contributed by atoms with Crippen LogP contribution in [0.25, 0.3) is 0 Å². The van der Waals surface area contributed by atoms with Crippen LogP contribution in [0, 0.1) is 6.92 Å². The van der Waals surface area contributed by atoms with Gasteiger partial charge in [-0.15, -0.1) is 0 Å². The van der Waals surface area contributed by atoms with Gasteiger partial charge in [0.15, 0.2) is 0 Å². The van der Waals surface area contributed by atoms with Gasteiger partial charge in [-0.1, -0.05) is 29.8 Å². The zero-order chi connectivity index (χ0) is 12.2. The molecule has 1 unspecified atom stereocenters. The highest BCUT2D eigenvalue weighted by Gasteiger charge is 2.12. The summed E-state index contributed by atoms with van der Waals surface area (Å²) in [6, 6.07) is 7.78. The normalized spacial score (nSPS) is 13.7. The third-order valence-electron chi connectivity index (χ3n) is 2.46. The highest BCUT2D eigenvalue weighted by Crippen LogP contribution is 2.17. The van der Waals surface area contributed by atoms with E-state index in [-0.39, 0.29) is 11.8 Å². The van der Waals surface area contributed by atoms with Gasteiger partial charge >= 0.3 is 0 Å². The van der Waals surface area contributed by atoms with Gasteiger partial charge in [-0.05, 0) is 18.9 Å². The van der Waals surface area contributed by atoms with Crippen molar-refractivity contribution in [1.29, 1.82) is 0 Å². The molecular formula is C11H18N2O2S. The van der Waals surface area contributed by atoms with Crippen LogP contribution in [0.15, 0.2) is 24.3 Å². The van der Waals surface area contributed by atoms with Crippen molar-refractivity contribution in [1.82, 2.24) is 5.43 Å². The fourth-order valence-corrected chi connectivity index (χ4v) is 2.14. The van der Waals surface area contributed by atoms with E-state index >= 15 is 0 Å². The predicted molar refractivity (Wildman–Crippen MR) is 65.6 cm³/mol. The van der Waals surface area contributed by atoms with Crippen molar-refractivity contribution in [2.75, 3.05) is 12.0 Å². The summed E-state index contributed by atoms with van der Waals surface area (Å²) in [4.78, 5) is 0. The molecule has 0 heterocycles. The molecular weight excluding hydrogens is 224 g/mol. The van der Waals surface area contributed by atoms with E-state index in [4.69, 9.17) is 5.84 Å². The lowest BCUT2D eigenvalue weighted by atomic mass is 10.0. The van der Waals surface area contributed by atoms with Crippen LogP contribution < -0.4 is 11.3 Å². The number of benzene rings is 1. The van der Waals surface area contributed by atoms with Crippen molar-refractivity contribution in [3.8, 4) is 0 Å². The maximum absolute atomic E-state index is 11.1. The minimum atomic E-state index is -2.94. The fourth-order valence-electron chi connectivity index (χ4n) is 1.48. The van der Waals surface area contributed by atoms with E-state index in [2.05, 4.69) is 5.43 Å². The molecule has 0 aliphatic carbocycles. The minimum Gasteiger partial charge on any atom is -0.271 e. The zero-order valence-electron chi connectivity index (χ0n) is 9.60. The Hall–Kier alpha value is -0.910. The van der Waals surface area contributed by atoms with Gasteiger partial charge in [0, 0.05) is 12.3 Å². The van der Waals surface area contributed by atoms with Crippen LogP contribution in [0.3, 0.4) is 0 Å². The largest absolute Gasteiger partial charge is 0.271 e. The summed E-state index contributed by atoms with van der Waals surface area (Å²) in [5.74, 6) is 5.56. The molecule has 0 aromatic heterocycles. The molecule has 3 N–H and O–H groups in total. The van der Waals surface area contributed by atoms with E-state index in [9.17, 15) is 8.42 Å². The second kappa shape index (κ2) is 5.43. The van der Waals surface area contributed by atoms with Crippen molar-refractivity contribution < 1.29 is 8.42 Å². The average Bonchev–Trinajstić information content (AvgIpc) is 2.20. The SMILES string of the molecule is Cc1ccc(C(CCS(C)(=O)=O)NN)cc1. The molecule has 0 saturated carbocycles. The monoisotopic (exact) mass is 242 g/mol. The molecule has 0 saturated heterocycles. The number of nitrogens with one attached hydrogen (secondary N) is 1. The van der Waals surface area contributed by atoms with Crippen molar-refractivity contribution in [2.45, 2.75) is 19.4 Å². The number of hydrazine groups is 1. The molecule has 1 atom stereocenters. The van der Waals surface area contributed by atoms with E-state index < -0.39 is 9.84 Å². The van der Waals surface area contributed by atoms with Gasteiger partial charge in [0.1, 0.15) is 9.84 Å². The van der Waals surface area contributed by atoms with E-state index in [1.165, 1.54) is 11.8 Å². The lowest BCUT2D eigenvalue weighted by Crippen LogP contribution is -2.29. The Bertz CT molecular complexity index is 426. The molecule has 5 heteroatoms. The highest BCUT2D eigenvalue weighted by atomic mass is 32.2. The summed E-state index contributed by atoms with van der Waals surface area (Å²) in [5, 5.41) is 0. The Morgan fingerprint density at radius 1 is 1.31 bits per heavy atom. The maximum Gasteiger partial charge on any atom is 0.147 e. The van der Waals surface area contributed by atoms with E-state index in [0.717, 1.165) is 5.56 Å². The van der Waals surface area contributed by atoms with Crippen LogP contribution >= 0.6 is 0 Å². The summed E-state index contributed by atoms with van der Waals surface area (Å²) in [6.07, 6.45) is 1.72. The van der Waals surface area contributed by atoms with Crippen molar-refractivity contribution in [3.63, 3.8) is 0 Å². The average molecular weight is 242 g/mol. The number of nitrogens with two attached hydrogens (primary N) is 1. The van der Waals surface area contributed by atoms with Crippen LogP contribution in [-0.2, 0) is 9.84 Å². The molecule has 4 nitrogen and oxygen atoms in total. The van der Waals surface area contributed by atoms with E-state index in [0.29, 0.717) is 6.42 Å². The predicted octanol–water partition coefficient (Wildman–Crippen LogP) is 0.934. The second-order valence-corrected chi connectivity index (χ2v) is 6.31. The van der Waals surface area contributed by atoms with E-state index in [1.54, 1.807) is 0 Å². The third kappa shape index (κ3) is 4.30. The van der Waals surface area contributed by atoms with Gasteiger partial charge in [0.05, 0.1) is 5.75 Å². The molecule has 0 bridgehead atoms. The first-order valence-electron chi connectivity index (χ1n) is 5.13. The summed E-state index contributed by atoms with van der Waals surface area (Å²) < 4.78 is 22.1. The minimum absolute atomic E-state index is 0.115. The Labute approximate surface area is 96.7 Å². The number of rotatable bonds is 5. The molecule has 1 aromatic rings. The molecule has 0 aliphatic rings. The van der Waals surface area contributed by atoms with Gasteiger partial charge in [0.25, 0.3) is 0 Å². The second-order valence-electron chi connectivity index (χ2n) is 4.05. The summed E-state index contributed by atoms with van der Waals surface area (Å²) in [6.45, 7) is 2.01. The first-order chi connectivity index (χ1) is 7.42. The van der Waals surface area contributed by atoms with Gasteiger partial charge in [-0.2, -0.15) is 0 Å². The smallest absolute Gasteiger partial charge is 0.147 e. The van der Waals surface area contributed by atoms with Crippen LogP contribution in [0.1, 0.15) is 23.6 Å².